The van der Waals surface area contributed by atoms with Gasteiger partial charge in [-0.05, 0) is 66.0 Å². The minimum absolute atomic E-state index is 0.0298. The molecule has 210 valence electrons. The summed E-state index contributed by atoms with van der Waals surface area (Å²) in [4.78, 5) is 26.9. The number of benzene rings is 2. The molecule has 2 heterocycles. The second-order valence-electron chi connectivity index (χ2n) is 10.1. The fourth-order valence-electron chi connectivity index (χ4n) is 5.61. The Morgan fingerprint density at radius 2 is 1.93 bits per heavy atom. The first-order valence-electron chi connectivity index (χ1n) is 13.9. The first-order chi connectivity index (χ1) is 20.0. The molecular formula is C32H34BrN7O. The summed E-state index contributed by atoms with van der Waals surface area (Å²) in [5, 5.41) is 12.7. The Balaban J connectivity index is 1.43. The number of carbonyl (C=O) groups is 1. The van der Waals surface area contributed by atoms with Crippen LogP contribution in [0.1, 0.15) is 41.9 Å². The lowest BCUT2D eigenvalue weighted by molar-refractivity contribution is 0.124. The maximum atomic E-state index is 13.1. The fourth-order valence-corrected chi connectivity index (χ4v) is 5.76. The lowest BCUT2D eigenvalue weighted by atomic mass is 9.95. The smallest absolute Gasteiger partial charge is 0.321 e. The van der Waals surface area contributed by atoms with Gasteiger partial charge < -0.3 is 14.8 Å². The van der Waals surface area contributed by atoms with Crippen LogP contribution in [0.5, 0.6) is 0 Å². The zero-order valence-corrected chi connectivity index (χ0v) is 25.0. The number of rotatable bonds is 7. The average molecular weight is 613 g/mol. The number of urea groups is 1. The number of carbonyl (C=O) groups excluding carboxylic acids is 1. The van der Waals surface area contributed by atoms with E-state index in [9.17, 15) is 4.79 Å². The molecule has 2 aliphatic rings. The van der Waals surface area contributed by atoms with Crippen molar-refractivity contribution in [2.24, 2.45) is 4.99 Å². The Labute approximate surface area is 249 Å². The number of hydrogen-bond donors (Lipinski definition) is 1. The number of piperazine rings is 1. The van der Waals surface area contributed by atoms with Gasteiger partial charge in [-0.15, -0.1) is 0 Å². The number of nitrogens with one attached hydrogen (secondary N) is 1. The van der Waals surface area contributed by atoms with Gasteiger partial charge >= 0.3 is 6.03 Å². The highest BCUT2D eigenvalue weighted by molar-refractivity contribution is 9.09. The van der Waals surface area contributed by atoms with E-state index in [1.165, 1.54) is 22.3 Å². The summed E-state index contributed by atoms with van der Waals surface area (Å²) < 4.78 is 2.18. The molecule has 41 heavy (non-hydrogen) atoms. The molecule has 1 N–H and O–H groups in total. The molecule has 1 saturated heterocycles. The van der Waals surface area contributed by atoms with E-state index in [0.29, 0.717) is 29.7 Å². The number of nitrogens with zero attached hydrogens (tertiary/aromatic N) is 6. The van der Waals surface area contributed by atoms with Crippen LogP contribution in [0.2, 0.25) is 0 Å². The number of imidazole rings is 1. The molecule has 0 saturated carbocycles. The summed E-state index contributed by atoms with van der Waals surface area (Å²) in [6.45, 7) is 7.61. The topological polar surface area (TPSA) is 89.5 Å². The molecule has 1 aromatic heterocycles. The van der Waals surface area contributed by atoms with Crippen LogP contribution < -0.4 is 5.32 Å². The monoisotopic (exact) mass is 611 g/mol. The van der Waals surface area contributed by atoms with Gasteiger partial charge in [-0.2, -0.15) is 5.26 Å². The largest absolute Gasteiger partial charge is 0.331 e. The SMILES string of the molecule is CCC1=C(N=CCBr)C(N2CCN(C(=O)Nc3ccc(C#N)cc3)CC2)c2ccccc2C=C1Cn1ccnc1C. The summed E-state index contributed by atoms with van der Waals surface area (Å²) in [5.41, 5.74) is 7.23. The number of aryl methyl sites for hydroxylation is 1. The van der Waals surface area contributed by atoms with Gasteiger partial charge in [0.05, 0.1) is 23.4 Å². The molecule has 1 unspecified atom stereocenters. The van der Waals surface area contributed by atoms with Gasteiger partial charge in [-0.25, -0.2) is 9.78 Å². The van der Waals surface area contributed by atoms with Crippen LogP contribution in [0.3, 0.4) is 0 Å². The van der Waals surface area contributed by atoms with E-state index in [-0.39, 0.29) is 12.1 Å². The third-order valence-corrected chi connectivity index (χ3v) is 8.01. The predicted octanol–water partition coefficient (Wildman–Crippen LogP) is 6.18. The standard InChI is InChI=1S/C32H34BrN7O/c1-3-28-26(22-40-15-14-35-23(40)2)20-25-6-4-5-7-29(25)31(30(28)36-13-12-33)38-16-18-39(19-17-38)32(41)37-27-10-8-24(21-34)9-11-27/h4-11,13-15,20,31H,3,12,16-19,22H2,1-2H3,(H,37,41). The number of amides is 2. The Bertz CT molecular complexity index is 1520. The van der Waals surface area contributed by atoms with Crippen LogP contribution in [0, 0.1) is 18.3 Å². The molecule has 1 aliphatic carbocycles. The van der Waals surface area contributed by atoms with Crippen molar-refractivity contribution in [1.29, 1.82) is 5.26 Å². The molecular weight excluding hydrogens is 578 g/mol. The molecule has 3 aromatic rings. The molecule has 2 aromatic carbocycles. The lowest BCUT2D eigenvalue weighted by Crippen LogP contribution is -2.51. The second-order valence-corrected chi connectivity index (χ2v) is 10.8. The van der Waals surface area contributed by atoms with E-state index >= 15 is 0 Å². The fraction of sp³-hybridized carbons (Fsp3) is 0.312. The Hall–Kier alpha value is -4.00. The molecule has 9 heteroatoms. The van der Waals surface area contributed by atoms with Crippen molar-refractivity contribution in [1.82, 2.24) is 19.4 Å². The van der Waals surface area contributed by atoms with Crippen LogP contribution >= 0.6 is 15.9 Å². The van der Waals surface area contributed by atoms with Gasteiger partial charge in [-0.1, -0.05) is 47.1 Å². The van der Waals surface area contributed by atoms with Crippen molar-refractivity contribution >= 4 is 39.9 Å². The summed E-state index contributed by atoms with van der Waals surface area (Å²) in [6, 6.07) is 17.5. The molecule has 5 rings (SSSR count). The molecule has 2 amide bonds. The van der Waals surface area contributed by atoms with E-state index in [1.807, 2.05) is 30.4 Å². The minimum atomic E-state index is -0.127. The number of aliphatic imine (C=N–C) groups is 1. The van der Waals surface area contributed by atoms with Crippen molar-refractivity contribution in [3.8, 4) is 6.07 Å². The van der Waals surface area contributed by atoms with Crippen molar-refractivity contribution < 1.29 is 4.79 Å². The van der Waals surface area contributed by atoms with Crippen molar-refractivity contribution in [2.75, 3.05) is 36.8 Å². The molecule has 0 spiro atoms. The summed E-state index contributed by atoms with van der Waals surface area (Å²) in [7, 11) is 0. The van der Waals surface area contributed by atoms with Crippen LogP contribution in [-0.4, -0.2) is 63.1 Å². The first-order valence-corrected chi connectivity index (χ1v) is 15.0. The van der Waals surface area contributed by atoms with E-state index in [0.717, 1.165) is 37.6 Å². The normalized spacial score (nSPS) is 17.7. The van der Waals surface area contributed by atoms with Gasteiger partial charge in [-0.3, -0.25) is 9.89 Å². The van der Waals surface area contributed by atoms with Crippen molar-refractivity contribution in [3.05, 3.63) is 100 Å². The van der Waals surface area contributed by atoms with Crippen molar-refractivity contribution in [2.45, 2.75) is 32.9 Å². The number of aromatic nitrogens is 2. The molecule has 1 aliphatic heterocycles. The number of alkyl halides is 1. The maximum absolute atomic E-state index is 13.1. The number of halogens is 1. The number of allylic oxidation sites excluding steroid dienone is 2. The molecule has 8 nitrogen and oxygen atoms in total. The Kier molecular flexibility index (Phi) is 9.12. The van der Waals surface area contributed by atoms with Crippen molar-refractivity contribution in [3.63, 3.8) is 0 Å². The quantitative estimate of drug-likeness (QED) is 0.255. The highest BCUT2D eigenvalue weighted by atomic mass is 79.9. The third kappa shape index (κ3) is 6.34. The number of fused-ring (bicyclic) bond motifs is 1. The van der Waals surface area contributed by atoms with Gasteiger partial charge in [0, 0.05) is 62.3 Å². The zero-order valence-electron chi connectivity index (χ0n) is 23.4. The number of nitriles is 1. The number of hydrogen-bond acceptors (Lipinski definition) is 5. The summed E-state index contributed by atoms with van der Waals surface area (Å²) >= 11 is 3.54. The van der Waals surface area contributed by atoms with Gasteiger partial charge in [0.1, 0.15) is 5.82 Å². The van der Waals surface area contributed by atoms with E-state index in [2.05, 4.69) is 79.0 Å². The van der Waals surface area contributed by atoms with Crippen LogP contribution in [-0.2, 0) is 6.54 Å². The predicted molar refractivity (Wildman–Crippen MR) is 167 cm³/mol. The highest BCUT2D eigenvalue weighted by Gasteiger charge is 2.34. The minimum Gasteiger partial charge on any atom is -0.331 e. The summed E-state index contributed by atoms with van der Waals surface area (Å²) in [5.74, 6) is 0.983. The second kappa shape index (κ2) is 13.1. The zero-order chi connectivity index (χ0) is 28.8. The highest BCUT2D eigenvalue weighted by Crippen LogP contribution is 2.41. The molecule has 1 fully saturated rings. The lowest BCUT2D eigenvalue weighted by Gasteiger charge is -2.40. The maximum Gasteiger partial charge on any atom is 0.321 e. The molecule has 0 radical (unpaired) electrons. The first kappa shape index (κ1) is 28.5. The van der Waals surface area contributed by atoms with Crippen LogP contribution in [0.4, 0.5) is 10.5 Å². The van der Waals surface area contributed by atoms with Gasteiger partial charge in [0.2, 0.25) is 0 Å². The van der Waals surface area contributed by atoms with Gasteiger partial charge in [0.25, 0.3) is 0 Å². The van der Waals surface area contributed by atoms with E-state index in [4.69, 9.17) is 10.3 Å². The Morgan fingerprint density at radius 1 is 1.17 bits per heavy atom. The Morgan fingerprint density at radius 3 is 2.59 bits per heavy atom. The summed E-state index contributed by atoms with van der Waals surface area (Å²) in [6.07, 6.45) is 8.98. The molecule has 0 bridgehead atoms. The van der Waals surface area contributed by atoms with E-state index in [1.54, 1.807) is 24.3 Å². The third-order valence-electron chi connectivity index (χ3n) is 7.73. The average Bonchev–Trinajstić information content (AvgIpc) is 3.35. The van der Waals surface area contributed by atoms with Crippen LogP contribution in [0.15, 0.2) is 82.8 Å². The molecule has 1 atom stereocenters. The number of anilines is 1. The van der Waals surface area contributed by atoms with Crippen LogP contribution in [0.25, 0.3) is 6.08 Å². The van der Waals surface area contributed by atoms with Gasteiger partial charge in [0.15, 0.2) is 0 Å². The van der Waals surface area contributed by atoms with E-state index < -0.39 is 0 Å².